The molecular weight excluding hydrogens is 236 g/mol. The van der Waals surface area contributed by atoms with Gasteiger partial charge in [0.25, 0.3) is 5.91 Å². The van der Waals surface area contributed by atoms with Crippen molar-refractivity contribution < 1.29 is 4.79 Å². The number of nitrogens with two attached hydrogens (primary N) is 1. The van der Waals surface area contributed by atoms with Crippen LogP contribution in [0.15, 0.2) is 18.2 Å². The van der Waals surface area contributed by atoms with E-state index in [1.54, 1.807) is 0 Å². The second-order valence-corrected chi connectivity index (χ2v) is 5.79. The Balaban J connectivity index is 2.18. The Kier molecular flexibility index (Phi) is 4.25. The molecule has 2 unspecified atom stereocenters. The fourth-order valence-corrected chi connectivity index (χ4v) is 3.25. The fraction of sp³-hybridized carbons (Fsp3) is 0.562. The molecule has 1 aromatic carbocycles. The fourth-order valence-electron chi connectivity index (χ4n) is 3.25. The molecule has 2 atom stereocenters. The third-order valence-electron chi connectivity index (χ3n) is 4.21. The molecule has 19 heavy (non-hydrogen) atoms. The number of hydrogen-bond acceptors (Lipinski definition) is 2. The van der Waals surface area contributed by atoms with Crippen molar-refractivity contribution in [1.82, 2.24) is 4.90 Å². The molecule has 0 aromatic heterocycles. The average molecular weight is 260 g/mol. The summed E-state index contributed by atoms with van der Waals surface area (Å²) in [6.45, 7) is 4.74. The Hall–Kier alpha value is -1.35. The molecule has 2 rings (SSSR count). The first-order valence-electron chi connectivity index (χ1n) is 7.08. The Labute approximate surface area is 115 Å². The second-order valence-electron chi connectivity index (χ2n) is 5.79. The predicted molar refractivity (Wildman–Crippen MR) is 78.2 cm³/mol. The van der Waals surface area contributed by atoms with Crippen molar-refractivity contribution in [2.24, 2.45) is 11.7 Å². The molecular formula is C16H24N2O. The van der Waals surface area contributed by atoms with Crippen molar-refractivity contribution in [3.05, 3.63) is 34.9 Å². The maximum atomic E-state index is 12.6. The molecule has 104 valence electrons. The van der Waals surface area contributed by atoms with Crippen molar-refractivity contribution in [2.45, 2.75) is 39.2 Å². The highest BCUT2D eigenvalue weighted by molar-refractivity contribution is 5.94. The molecule has 1 fully saturated rings. The van der Waals surface area contributed by atoms with E-state index in [1.165, 1.54) is 6.42 Å². The lowest BCUT2D eigenvalue weighted by Gasteiger charge is -2.29. The lowest BCUT2D eigenvalue weighted by atomic mass is 10.0. The van der Waals surface area contributed by atoms with Gasteiger partial charge < -0.3 is 10.6 Å². The van der Waals surface area contributed by atoms with Gasteiger partial charge in [-0.2, -0.15) is 0 Å². The molecule has 2 N–H and O–H groups in total. The van der Waals surface area contributed by atoms with Crippen molar-refractivity contribution in [2.75, 3.05) is 13.6 Å². The van der Waals surface area contributed by atoms with E-state index in [1.807, 2.05) is 37.9 Å². The smallest absolute Gasteiger partial charge is 0.253 e. The van der Waals surface area contributed by atoms with Crippen LogP contribution in [0.4, 0.5) is 0 Å². The molecule has 0 heterocycles. The summed E-state index contributed by atoms with van der Waals surface area (Å²) in [6.07, 6.45) is 3.40. The molecule has 0 spiro atoms. The van der Waals surface area contributed by atoms with Gasteiger partial charge in [0.1, 0.15) is 0 Å². The summed E-state index contributed by atoms with van der Waals surface area (Å²) in [6, 6.07) is 6.34. The normalized spacial score (nSPS) is 22.5. The van der Waals surface area contributed by atoms with Crippen LogP contribution in [-0.2, 0) is 0 Å². The van der Waals surface area contributed by atoms with Crippen molar-refractivity contribution >= 4 is 5.91 Å². The number of rotatable bonds is 3. The molecule has 0 bridgehead atoms. The summed E-state index contributed by atoms with van der Waals surface area (Å²) in [5.74, 6) is 0.581. The lowest BCUT2D eigenvalue weighted by Crippen LogP contribution is -2.41. The molecule has 0 radical (unpaired) electrons. The SMILES string of the molecule is Cc1cc(C)cc(C(=O)N(C)C2CCCC2CN)c1. The highest BCUT2D eigenvalue weighted by Crippen LogP contribution is 2.29. The van der Waals surface area contributed by atoms with Crippen LogP contribution >= 0.6 is 0 Å². The van der Waals surface area contributed by atoms with E-state index in [-0.39, 0.29) is 5.91 Å². The maximum absolute atomic E-state index is 12.6. The molecule has 1 aliphatic carbocycles. The van der Waals surface area contributed by atoms with Gasteiger partial charge in [-0.05, 0) is 51.3 Å². The zero-order chi connectivity index (χ0) is 14.0. The zero-order valence-corrected chi connectivity index (χ0v) is 12.1. The summed E-state index contributed by atoms with van der Waals surface area (Å²) in [7, 11) is 1.92. The first kappa shape index (κ1) is 14.1. The van der Waals surface area contributed by atoms with Crippen LogP contribution in [0.1, 0.15) is 40.7 Å². The Bertz CT molecular complexity index is 450. The largest absolute Gasteiger partial charge is 0.338 e. The van der Waals surface area contributed by atoms with Gasteiger partial charge in [0, 0.05) is 18.7 Å². The summed E-state index contributed by atoms with van der Waals surface area (Å²) in [4.78, 5) is 14.5. The number of aryl methyl sites for hydroxylation is 2. The molecule has 1 saturated carbocycles. The number of benzene rings is 1. The van der Waals surface area contributed by atoms with Gasteiger partial charge in [-0.25, -0.2) is 0 Å². The molecule has 1 amide bonds. The summed E-state index contributed by atoms with van der Waals surface area (Å²) >= 11 is 0. The molecule has 1 aromatic rings. The number of carbonyl (C=O) groups excluding carboxylic acids is 1. The van der Waals surface area contributed by atoms with Gasteiger partial charge in [-0.3, -0.25) is 4.79 Å². The van der Waals surface area contributed by atoms with Gasteiger partial charge in [0.05, 0.1) is 0 Å². The Morgan fingerprint density at radius 3 is 2.47 bits per heavy atom. The van der Waals surface area contributed by atoms with E-state index in [0.29, 0.717) is 18.5 Å². The lowest BCUT2D eigenvalue weighted by molar-refractivity contribution is 0.0699. The van der Waals surface area contributed by atoms with E-state index >= 15 is 0 Å². The Morgan fingerprint density at radius 1 is 1.26 bits per heavy atom. The van der Waals surface area contributed by atoms with E-state index in [4.69, 9.17) is 5.73 Å². The number of carbonyl (C=O) groups is 1. The van der Waals surface area contributed by atoms with Gasteiger partial charge in [-0.15, -0.1) is 0 Å². The highest BCUT2D eigenvalue weighted by Gasteiger charge is 2.32. The first-order valence-corrected chi connectivity index (χ1v) is 7.08. The third-order valence-corrected chi connectivity index (χ3v) is 4.21. The molecule has 3 heteroatoms. The number of hydrogen-bond donors (Lipinski definition) is 1. The quantitative estimate of drug-likeness (QED) is 0.907. The molecule has 3 nitrogen and oxygen atoms in total. The van der Waals surface area contributed by atoms with Crippen LogP contribution in [-0.4, -0.2) is 30.4 Å². The summed E-state index contributed by atoms with van der Waals surface area (Å²) in [5.41, 5.74) is 8.88. The Morgan fingerprint density at radius 2 is 1.89 bits per heavy atom. The van der Waals surface area contributed by atoms with E-state index in [9.17, 15) is 4.79 Å². The minimum Gasteiger partial charge on any atom is -0.338 e. The average Bonchev–Trinajstić information content (AvgIpc) is 2.84. The van der Waals surface area contributed by atoms with Crippen LogP contribution in [0, 0.1) is 19.8 Å². The monoisotopic (exact) mass is 260 g/mol. The van der Waals surface area contributed by atoms with E-state index < -0.39 is 0 Å². The van der Waals surface area contributed by atoms with Crippen molar-refractivity contribution in [1.29, 1.82) is 0 Å². The minimum absolute atomic E-state index is 0.122. The molecule has 1 aliphatic rings. The van der Waals surface area contributed by atoms with Crippen molar-refractivity contribution in [3.63, 3.8) is 0 Å². The summed E-state index contributed by atoms with van der Waals surface area (Å²) in [5, 5.41) is 0. The zero-order valence-electron chi connectivity index (χ0n) is 12.1. The first-order chi connectivity index (χ1) is 9.02. The predicted octanol–water partition coefficient (Wildman–Crippen LogP) is 2.50. The van der Waals surface area contributed by atoms with Gasteiger partial charge >= 0.3 is 0 Å². The number of amides is 1. The van der Waals surface area contributed by atoms with Crippen molar-refractivity contribution in [3.8, 4) is 0 Å². The van der Waals surface area contributed by atoms with Crippen LogP contribution in [0.25, 0.3) is 0 Å². The standard InChI is InChI=1S/C16H24N2O/c1-11-7-12(2)9-14(8-11)16(19)18(3)15-6-4-5-13(15)10-17/h7-9,13,15H,4-6,10,17H2,1-3H3. The van der Waals surface area contributed by atoms with Gasteiger partial charge in [0.15, 0.2) is 0 Å². The highest BCUT2D eigenvalue weighted by atomic mass is 16.2. The number of nitrogens with zero attached hydrogens (tertiary/aromatic N) is 1. The maximum Gasteiger partial charge on any atom is 0.253 e. The topological polar surface area (TPSA) is 46.3 Å². The van der Waals surface area contributed by atoms with Gasteiger partial charge in [-0.1, -0.05) is 23.6 Å². The van der Waals surface area contributed by atoms with Crippen LogP contribution in [0.2, 0.25) is 0 Å². The van der Waals surface area contributed by atoms with E-state index in [0.717, 1.165) is 29.5 Å². The second kappa shape index (κ2) is 5.74. The van der Waals surface area contributed by atoms with Crippen LogP contribution < -0.4 is 5.73 Å². The minimum atomic E-state index is 0.122. The molecule has 0 saturated heterocycles. The van der Waals surface area contributed by atoms with Crippen LogP contribution in [0.5, 0.6) is 0 Å². The third kappa shape index (κ3) is 2.98. The molecule has 0 aliphatic heterocycles. The van der Waals surface area contributed by atoms with Crippen LogP contribution in [0.3, 0.4) is 0 Å². The van der Waals surface area contributed by atoms with E-state index in [2.05, 4.69) is 6.07 Å². The van der Waals surface area contributed by atoms with Gasteiger partial charge in [0.2, 0.25) is 0 Å². The summed E-state index contributed by atoms with van der Waals surface area (Å²) < 4.78 is 0.